The first-order valence-electron chi connectivity index (χ1n) is 20.2. The number of imidazole rings is 1. The largest absolute Gasteiger partial charge is 0.454 e. The summed E-state index contributed by atoms with van der Waals surface area (Å²) in [6, 6.07) is 55.6. The molecule has 0 atom stereocenters. The van der Waals surface area contributed by atoms with Crippen LogP contribution in [-0.4, -0.2) is 18.5 Å². The molecule has 13 aromatic rings. The molecule has 7 aromatic carbocycles. The van der Waals surface area contributed by atoms with Gasteiger partial charge in [0.1, 0.15) is 16.9 Å². The normalized spacial score (nSPS) is 12.0. The van der Waals surface area contributed by atoms with Gasteiger partial charge in [0.2, 0.25) is 0 Å². The van der Waals surface area contributed by atoms with Crippen LogP contribution in [0, 0.1) is 11.3 Å². The molecule has 0 spiro atoms. The topological polar surface area (TPSA) is 77.2 Å². The van der Waals surface area contributed by atoms with E-state index in [1.54, 1.807) is 18.2 Å². The fourth-order valence-electron chi connectivity index (χ4n) is 9.77. The van der Waals surface area contributed by atoms with Crippen LogP contribution in [0.5, 0.6) is 0 Å². The Bertz CT molecular complexity index is 4110. The number of fused-ring (bicyclic) bond motifs is 16. The molecule has 6 aromatic heterocycles. The average molecular weight is 782 g/mol. The first-order chi connectivity index (χ1) is 30.1. The molecule has 7 nitrogen and oxygen atoms in total. The van der Waals surface area contributed by atoms with Crippen LogP contribution in [0.1, 0.15) is 16.9 Å². The van der Waals surface area contributed by atoms with Gasteiger partial charge in [-0.2, -0.15) is 5.26 Å². The first kappa shape index (κ1) is 33.4. The van der Waals surface area contributed by atoms with Crippen molar-refractivity contribution in [2.45, 2.75) is 0 Å². The highest BCUT2D eigenvalue weighted by Gasteiger charge is 2.26. The third-order valence-corrected chi connectivity index (χ3v) is 12.4. The van der Waals surface area contributed by atoms with E-state index in [2.05, 4.69) is 166 Å². The van der Waals surface area contributed by atoms with Crippen molar-refractivity contribution in [3.8, 4) is 28.6 Å². The Kier molecular flexibility index (Phi) is 6.68. The van der Waals surface area contributed by atoms with Crippen LogP contribution in [0.25, 0.3) is 128 Å². The van der Waals surface area contributed by atoms with Gasteiger partial charge < -0.3 is 18.0 Å². The molecule has 0 saturated heterocycles. The number of aromatic nitrogens is 4. The zero-order chi connectivity index (χ0) is 40.5. The first-order valence-corrected chi connectivity index (χ1v) is 20.2. The van der Waals surface area contributed by atoms with Crippen molar-refractivity contribution < 1.29 is 8.83 Å². The van der Waals surface area contributed by atoms with E-state index >= 15 is 0 Å². The van der Waals surface area contributed by atoms with E-state index in [0.29, 0.717) is 33.7 Å². The number of pyridine rings is 1. The number of para-hydroxylation sites is 3. The monoisotopic (exact) mass is 781 g/mol. The zero-order valence-corrected chi connectivity index (χ0v) is 32.6. The molecule has 0 aliphatic rings. The van der Waals surface area contributed by atoms with Crippen molar-refractivity contribution in [3.05, 3.63) is 182 Å². The molecule has 0 bridgehead atoms. The van der Waals surface area contributed by atoms with Crippen LogP contribution in [0.3, 0.4) is 0 Å². The van der Waals surface area contributed by atoms with E-state index in [4.69, 9.17) is 13.8 Å². The van der Waals surface area contributed by atoms with Crippen LogP contribution in [0.2, 0.25) is 0 Å². The van der Waals surface area contributed by atoms with Crippen molar-refractivity contribution in [2.24, 2.45) is 0 Å². The van der Waals surface area contributed by atoms with Crippen LogP contribution >= 0.6 is 0 Å². The van der Waals surface area contributed by atoms with Crippen LogP contribution in [0.15, 0.2) is 174 Å². The molecule has 7 heteroatoms. The fraction of sp³-hybridized carbons (Fsp3) is 0. The van der Waals surface area contributed by atoms with Crippen molar-refractivity contribution in [2.75, 3.05) is 0 Å². The van der Waals surface area contributed by atoms with Gasteiger partial charge in [0.15, 0.2) is 16.8 Å². The van der Waals surface area contributed by atoms with Crippen molar-refractivity contribution in [1.29, 1.82) is 5.26 Å². The maximum atomic E-state index is 9.85. The Balaban J connectivity index is 1.02. The molecule has 0 unspecified atom stereocenters. The third kappa shape index (κ3) is 4.48. The molecular formula is C54H31N5O2. The lowest BCUT2D eigenvalue weighted by molar-refractivity contribution is 0.604. The molecule has 13 rings (SSSR count). The van der Waals surface area contributed by atoms with Gasteiger partial charge in [-0.05, 0) is 102 Å². The maximum Gasteiger partial charge on any atom is 0.182 e. The van der Waals surface area contributed by atoms with Gasteiger partial charge in [0.05, 0.1) is 50.1 Å². The van der Waals surface area contributed by atoms with E-state index in [0.717, 1.165) is 66.4 Å². The van der Waals surface area contributed by atoms with Crippen LogP contribution in [-0.2, 0) is 0 Å². The SMILES string of the molecule is C=Cc1oc2c(c1C=C)c1oc3ccc(C#N)cc3c1n1c3ccc(-n4c5ccccc5c5cc(-c6ccc7c(c6)c6ccccc6n7-c6ccccc6)ccc54)cc3nc21. The van der Waals surface area contributed by atoms with E-state index in [-0.39, 0.29) is 0 Å². The van der Waals surface area contributed by atoms with E-state index in [9.17, 15) is 5.26 Å². The van der Waals surface area contributed by atoms with Gasteiger partial charge >= 0.3 is 0 Å². The number of hydrogen-bond donors (Lipinski definition) is 0. The summed E-state index contributed by atoms with van der Waals surface area (Å²) in [6.07, 6.45) is 3.46. The summed E-state index contributed by atoms with van der Waals surface area (Å²) in [6.45, 7) is 8.11. The lowest BCUT2D eigenvalue weighted by atomic mass is 10.0. The highest BCUT2D eigenvalue weighted by atomic mass is 16.3. The second-order valence-electron chi connectivity index (χ2n) is 15.5. The smallest absolute Gasteiger partial charge is 0.182 e. The van der Waals surface area contributed by atoms with Crippen molar-refractivity contribution >= 4 is 105 Å². The highest BCUT2D eigenvalue weighted by Crippen LogP contribution is 2.44. The summed E-state index contributed by atoms with van der Waals surface area (Å²) in [5, 5.41) is 16.2. The molecule has 0 amide bonds. The Morgan fingerprint density at radius 1 is 0.541 bits per heavy atom. The molecule has 0 aliphatic heterocycles. The Morgan fingerprint density at radius 2 is 1.18 bits per heavy atom. The zero-order valence-electron chi connectivity index (χ0n) is 32.6. The molecule has 0 aliphatic carbocycles. The summed E-state index contributed by atoms with van der Waals surface area (Å²) in [5.74, 6) is 0.592. The standard InChI is InChI=1S/C54H31N5O2/c1-3-36-48(4-2)60-53-50(36)52-51(41-26-31(30-55)18-25-49(41)61-52)59-47-24-21-35(29-42(47)56-54(53)59)58-44-17-11-9-15-38(44)40-28-33(20-23-46(40)58)32-19-22-45-39(27-32)37-14-8-10-16-43(37)57(45)34-12-6-5-7-13-34/h3-29H,1-2H2. The number of nitriles is 1. The quantitative estimate of drug-likeness (QED) is 0.174. The summed E-state index contributed by atoms with van der Waals surface area (Å²) in [5.41, 5.74) is 15.4. The Hall–Kier alpha value is -8.60. The molecule has 0 N–H and O–H groups in total. The van der Waals surface area contributed by atoms with Gasteiger partial charge in [-0.3, -0.25) is 4.40 Å². The number of furan rings is 2. The summed E-state index contributed by atoms with van der Waals surface area (Å²) in [7, 11) is 0. The van der Waals surface area contributed by atoms with E-state index in [1.165, 1.54) is 32.6 Å². The Morgan fingerprint density at radius 3 is 1.85 bits per heavy atom. The van der Waals surface area contributed by atoms with Crippen LogP contribution < -0.4 is 0 Å². The lowest BCUT2D eigenvalue weighted by Crippen LogP contribution is -1.94. The van der Waals surface area contributed by atoms with E-state index in [1.807, 2.05) is 12.1 Å². The van der Waals surface area contributed by atoms with E-state index < -0.39 is 0 Å². The average Bonchev–Trinajstić information content (AvgIpc) is 4.12. The molecule has 0 saturated carbocycles. The predicted molar refractivity (Wildman–Crippen MR) is 249 cm³/mol. The highest BCUT2D eigenvalue weighted by molar-refractivity contribution is 6.20. The van der Waals surface area contributed by atoms with Gasteiger partial charge in [0, 0.05) is 43.9 Å². The van der Waals surface area contributed by atoms with Crippen LogP contribution in [0.4, 0.5) is 0 Å². The van der Waals surface area contributed by atoms with Crippen molar-refractivity contribution in [1.82, 2.24) is 18.5 Å². The number of nitrogens with zero attached hydrogens (tertiary/aromatic N) is 5. The molecule has 61 heavy (non-hydrogen) atoms. The minimum Gasteiger partial charge on any atom is -0.454 e. The minimum atomic E-state index is 0.545. The minimum absolute atomic E-state index is 0.545. The van der Waals surface area contributed by atoms with Crippen molar-refractivity contribution in [3.63, 3.8) is 0 Å². The maximum absolute atomic E-state index is 9.85. The third-order valence-electron chi connectivity index (χ3n) is 12.4. The fourth-order valence-corrected chi connectivity index (χ4v) is 9.77. The summed E-state index contributed by atoms with van der Waals surface area (Å²) in [4.78, 5) is 5.28. The number of rotatable bonds is 5. The molecular weight excluding hydrogens is 751 g/mol. The van der Waals surface area contributed by atoms with Gasteiger partial charge in [-0.15, -0.1) is 0 Å². The van der Waals surface area contributed by atoms with Gasteiger partial charge in [0.25, 0.3) is 0 Å². The van der Waals surface area contributed by atoms with Gasteiger partial charge in [-0.25, -0.2) is 4.98 Å². The second-order valence-corrected chi connectivity index (χ2v) is 15.5. The molecule has 6 heterocycles. The lowest BCUT2D eigenvalue weighted by Gasteiger charge is -2.09. The second kappa shape index (κ2) is 12.2. The molecule has 0 fully saturated rings. The molecule has 0 radical (unpaired) electrons. The Labute approximate surface area is 347 Å². The summed E-state index contributed by atoms with van der Waals surface area (Å²) >= 11 is 0. The van der Waals surface area contributed by atoms with Gasteiger partial charge in [-0.1, -0.05) is 86.0 Å². The number of hydrogen-bond acceptors (Lipinski definition) is 4. The number of benzene rings is 7. The molecule has 284 valence electrons. The predicted octanol–water partition coefficient (Wildman–Crippen LogP) is 14.2. The summed E-state index contributed by atoms with van der Waals surface area (Å²) < 4.78 is 19.8.